The van der Waals surface area contributed by atoms with E-state index in [1.54, 1.807) is 13.0 Å². The molecule has 2 aromatic carbocycles. The molecule has 27 heavy (non-hydrogen) atoms. The van der Waals surface area contributed by atoms with Crippen molar-refractivity contribution in [1.82, 2.24) is 5.32 Å². The molecule has 1 aliphatic carbocycles. The van der Waals surface area contributed by atoms with Gasteiger partial charge in [0.1, 0.15) is 0 Å². The molecule has 4 heteroatoms. The zero-order valence-corrected chi connectivity index (χ0v) is 15.8. The number of carbonyl (C=O) groups is 2. The van der Waals surface area contributed by atoms with Gasteiger partial charge < -0.3 is 10.1 Å². The van der Waals surface area contributed by atoms with Crippen LogP contribution in [0.2, 0.25) is 0 Å². The lowest BCUT2D eigenvalue weighted by atomic mass is 9.87. The smallest absolute Gasteiger partial charge is 0.331 e. The molecule has 0 saturated heterocycles. The van der Waals surface area contributed by atoms with Crippen molar-refractivity contribution in [3.05, 3.63) is 76.9 Å². The summed E-state index contributed by atoms with van der Waals surface area (Å²) in [4.78, 5) is 24.5. The maximum Gasteiger partial charge on any atom is 0.331 e. The molecule has 0 aromatic heterocycles. The van der Waals surface area contributed by atoms with Gasteiger partial charge in [-0.15, -0.1) is 0 Å². The molecular formula is C23H25NO3. The summed E-state index contributed by atoms with van der Waals surface area (Å²) >= 11 is 0. The second kappa shape index (κ2) is 8.67. The normalized spacial score (nSPS) is 17.2. The molecule has 0 saturated carbocycles. The minimum atomic E-state index is -0.840. The van der Waals surface area contributed by atoms with Gasteiger partial charge in [0.15, 0.2) is 6.10 Å². The van der Waals surface area contributed by atoms with Gasteiger partial charge in [0.2, 0.25) is 0 Å². The molecule has 0 bridgehead atoms. The SMILES string of the molecule is Cc1ccccc1/C=C/C(=O)O[C@H](C)C(=O)N[C@H]1CCCc2ccccc21. The lowest BCUT2D eigenvalue weighted by Gasteiger charge is -2.27. The summed E-state index contributed by atoms with van der Waals surface area (Å²) in [6.07, 6.45) is 5.21. The topological polar surface area (TPSA) is 55.4 Å². The van der Waals surface area contributed by atoms with E-state index in [0.29, 0.717) is 0 Å². The van der Waals surface area contributed by atoms with Gasteiger partial charge in [-0.1, -0.05) is 48.5 Å². The average Bonchev–Trinajstić information content (AvgIpc) is 2.67. The first kappa shape index (κ1) is 18.9. The van der Waals surface area contributed by atoms with Crippen molar-refractivity contribution in [2.75, 3.05) is 0 Å². The molecule has 4 nitrogen and oxygen atoms in total. The number of benzene rings is 2. The Balaban J connectivity index is 1.57. The number of rotatable bonds is 5. The van der Waals surface area contributed by atoms with E-state index in [9.17, 15) is 9.59 Å². The summed E-state index contributed by atoms with van der Waals surface area (Å²) in [5.41, 5.74) is 4.46. The van der Waals surface area contributed by atoms with Crippen LogP contribution in [0.4, 0.5) is 0 Å². The summed E-state index contributed by atoms with van der Waals surface area (Å²) < 4.78 is 5.27. The van der Waals surface area contributed by atoms with E-state index < -0.39 is 12.1 Å². The van der Waals surface area contributed by atoms with Crippen molar-refractivity contribution in [3.63, 3.8) is 0 Å². The lowest BCUT2D eigenvalue weighted by Crippen LogP contribution is -2.39. The number of hydrogen-bond acceptors (Lipinski definition) is 3. The van der Waals surface area contributed by atoms with Gasteiger partial charge in [-0.2, -0.15) is 0 Å². The number of esters is 1. The highest BCUT2D eigenvalue weighted by molar-refractivity contribution is 5.90. The molecule has 0 aliphatic heterocycles. The van der Waals surface area contributed by atoms with Gasteiger partial charge in [-0.3, -0.25) is 4.79 Å². The maximum absolute atomic E-state index is 12.5. The largest absolute Gasteiger partial charge is 0.449 e. The first-order valence-corrected chi connectivity index (χ1v) is 9.37. The van der Waals surface area contributed by atoms with E-state index in [2.05, 4.69) is 17.4 Å². The van der Waals surface area contributed by atoms with Crippen LogP contribution in [0.5, 0.6) is 0 Å². The minimum Gasteiger partial charge on any atom is -0.449 e. The fraction of sp³-hybridized carbons (Fsp3) is 0.304. The molecule has 0 heterocycles. The number of fused-ring (bicyclic) bond motifs is 1. The molecule has 140 valence electrons. The van der Waals surface area contributed by atoms with Crippen molar-refractivity contribution >= 4 is 18.0 Å². The number of amides is 1. The highest BCUT2D eigenvalue weighted by Crippen LogP contribution is 2.29. The van der Waals surface area contributed by atoms with E-state index >= 15 is 0 Å². The summed E-state index contributed by atoms with van der Waals surface area (Å²) in [7, 11) is 0. The zero-order chi connectivity index (χ0) is 19.2. The van der Waals surface area contributed by atoms with Gasteiger partial charge in [0.05, 0.1) is 6.04 Å². The van der Waals surface area contributed by atoms with Crippen LogP contribution in [0.25, 0.3) is 6.08 Å². The second-order valence-corrected chi connectivity index (χ2v) is 6.92. The molecule has 0 spiro atoms. The van der Waals surface area contributed by atoms with Gasteiger partial charge in [-0.05, 0) is 61.4 Å². The van der Waals surface area contributed by atoms with Crippen LogP contribution >= 0.6 is 0 Å². The molecule has 0 radical (unpaired) electrons. The van der Waals surface area contributed by atoms with Crippen LogP contribution in [0, 0.1) is 6.92 Å². The van der Waals surface area contributed by atoms with Gasteiger partial charge in [0, 0.05) is 6.08 Å². The van der Waals surface area contributed by atoms with E-state index in [1.807, 2.05) is 43.3 Å². The van der Waals surface area contributed by atoms with Crippen molar-refractivity contribution in [3.8, 4) is 0 Å². The molecule has 0 unspecified atom stereocenters. The average molecular weight is 363 g/mol. The van der Waals surface area contributed by atoms with Crippen LogP contribution in [-0.4, -0.2) is 18.0 Å². The highest BCUT2D eigenvalue weighted by Gasteiger charge is 2.24. The van der Waals surface area contributed by atoms with Crippen LogP contribution < -0.4 is 5.32 Å². The highest BCUT2D eigenvalue weighted by atomic mass is 16.5. The monoisotopic (exact) mass is 363 g/mol. The summed E-state index contributed by atoms with van der Waals surface area (Å²) in [5, 5.41) is 3.02. The van der Waals surface area contributed by atoms with E-state index in [1.165, 1.54) is 11.6 Å². The molecule has 1 N–H and O–H groups in total. The van der Waals surface area contributed by atoms with Crippen molar-refractivity contribution in [2.45, 2.75) is 45.3 Å². The molecular weight excluding hydrogens is 338 g/mol. The summed E-state index contributed by atoms with van der Waals surface area (Å²) in [6, 6.07) is 15.9. The number of carbonyl (C=O) groups excluding carboxylic acids is 2. The Kier molecular flexibility index (Phi) is 6.07. The van der Waals surface area contributed by atoms with Crippen LogP contribution in [0.15, 0.2) is 54.6 Å². The molecule has 0 fully saturated rings. The Labute approximate surface area is 160 Å². The summed E-state index contributed by atoms with van der Waals surface area (Å²) in [6.45, 7) is 3.58. The Morgan fingerprint density at radius 3 is 2.70 bits per heavy atom. The quantitative estimate of drug-likeness (QED) is 0.642. The predicted molar refractivity (Wildman–Crippen MR) is 106 cm³/mol. The minimum absolute atomic E-state index is 0.0221. The van der Waals surface area contributed by atoms with Gasteiger partial charge >= 0.3 is 5.97 Å². The van der Waals surface area contributed by atoms with Gasteiger partial charge in [0.25, 0.3) is 5.91 Å². The fourth-order valence-electron chi connectivity index (χ4n) is 3.39. The molecule has 3 rings (SSSR count). The third-order valence-electron chi connectivity index (χ3n) is 4.94. The lowest BCUT2D eigenvalue weighted by molar-refractivity contribution is -0.150. The maximum atomic E-state index is 12.5. The van der Waals surface area contributed by atoms with Crippen molar-refractivity contribution in [1.29, 1.82) is 0 Å². The Hall–Kier alpha value is -2.88. The Morgan fingerprint density at radius 2 is 1.89 bits per heavy atom. The predicted octanol–water partition coefficient (Wildman–Crippen LogP) is 4.13. The first-order chi connectivity index (χ1) is 13.0. The standard InChI is InChI=1S/C23H25NO3/c1-16-8-3-4-9-18(16)14-15-22(25)27-17(2)23(26)24-21-13-7-11-19-10-5-6-12-20(19)21/h3-6,8-10,12,14-15,17,21H,7,11,13H2,1-2H3,(H,24,26)/b15-14+/t17-,21+/m1/s1. The fourth-order valence-corrected chi connectivity index (χ4v) is 3.39. The zero-order valence-electron chi connectivity index (χ0n) is 15.8. The van der Waals surface area contributed by atoms with E-state index in [-0.39, 0.29) is 11.9 Å². The number of hydrogen-bond donors (Lipinski definition) is 1. The third kappa shape index (κ3) is 4.85. The van der Waals surface area contributed by atoms with E-state index in [4.69, 9.17) is 4.74 Å². The molecule has 1 amide bonds. The van der Waals surface area contributed by atoms with Crippen LogP contribution in [-0.2, 0) is 20.7 Å². The van der Waals surface area contributed by atoms with Crippen LogP contribution in [0.3, 0.4) is 0 Å². The van der Waals surface area contributed by atoms with Crippen LogP contribution in [0.1, 0.15) is 48.1 Å². The number of nitrogens with one attached hydrogen (secondary N) is 1. The first-order valence-electron chi connectivity index (χ1n) is 9.37. The van der Waals surface area contributed by atoms with Gasteiger partial charge in [-0.25, -0.2) is 4.79 Å². The summed E-state index contributed by atoms with van der Waals surface area (Å²) in [5.74, 6) is -0.792. The Bertz CT molecular complexity index is 856. The van der Waals surface area contributed by atoms with E-state index in [0.717, 1.165) is 36.0 Å². The van der Waals surface area contributed by atoms with Crippen molar-refractivity contribution in [2.24, 2.45) is 0 Å². The molecule has 2 atom stereocenters. The third-order valence-corrected chi connectivity index (χ3v) is 4.94. The molecule has 1 aliphatic rings. The number of ether oxygens (including phenoxy) is 1. The molecule has 2 aromatic rings. The van der Waals surface area contributed by atoms with Crippen molar-refractivity contribution < 1.29 is 14.3 Å². The second-order valence-electron chi connectivity index (χ2n) is 6.92. The number of aryl methyl sites for hydroxylation is 2. The Morgan fingerprint density at radius 1 is 1.15 bits per heavy atom.